The predicted molar refractivity (Wildman–Crippen MR) is 94.0 cm³/mol. The molecule has 0 bridgehead atoms. The van der Waals surface area contributed by atoms with Gasteiger partial charge in [-0.25, -0.2) is 0 Å². The van der Waals surface area contributed by atoms with E-state index in [1.165, 1.54) is 0 Å². The number of amides is 1. The van der Waals surface area contributed by atoms with Gasteiger partial charge < -0.3 is 9.64 Å². The van der Waals surface area contributed by atoms with Crippen molar-refractivity contribution in [2.24, 2.45) is 0 Å². The normalized spacial score (nSPS) is 17.5. The van der Waals surface area contributed by atoms with E-state index in [0.717, 1.165) is 36.2 Å². The van der Waals surface area contributed by atoms with Crippen LogP contribution in [0.5, 0.6) is 0 Å². The molecular weight excluding hydrogens is 316 g/mol. The second-order valence-electron chi connectivity index (χ2n) is 6.30. The van der Waals surface area contributed by atoms with Crippen LogP contribution in [0.2, 0.25) is 0 Å². The molecule has 1 aliphatic heterocycles. The minimum atomic E-state index is 0.108. The molecule has 6 nitrogen and oxygen atoms in total. The minimum absolute atomic E-state index is 0.108. The molecule has 1 amide bonds. The van der Waals surface area contributed by atoms with E-state index >= 15 is 0 Å². The van der Waals surface area contributed by atoms with E-state index in [2.05, 4.69) is 15.0 Å². The number of carbonyl (C=O) groups excluding carboxylic acids is 1. The lowest BCUT2D eigenvalue weighted by molar-refractivity contribution is -0.140. The molecule has 3 rings (SSSR count). The van der Waals surface area contributed by atoms with Gasteiger partial charge >= 0.3 is 0 Å². The monoisotopic (exact) mass is 340 g/mol. The molecule has 0 saturated carbocycles. The fraction of sp³-hybridized carbons (Fsp3) is 0.474. The summed E-state index contributed by atoms with van der Waals surface area (Å²) in [6.45, 7) is 3.84. The van der Waals surface area contributed by atoms with E-state index in [1.807, 2.05) is 30.2 Å². The molecule has 1 saturated heterocycles. The lowest BCUT2D eigenvalue weighted by Crippen LogP contribution is -2.49. The summed E-state index contributed by atoms with van der Waals surface area (Å²) in [6, 6.07) is 4.02. The molecule has 0 radical (unpaired) electrons. The molecule has 132 valence electrons. The van der Waals surface area contributed by atoms with E-state index in [0.29, 0.717) is 26.2 Å². The zero-order valence-corrected chi connectivity index (χ0v) is 14.6. The Morgan fingerprint density at radius 2 is 2.16 bits per heavy atom. The summed E-state index contributed by atoms with van der Waals surface area (Å²) < 4.78 is 5.60. The Kier molecular flexibility index (Phi) is 6.06. The van der Waals surface area contributed by atoms with Crippen molar-refractivity contribution >= 4 is 5.91 Å². The van der Waals surface area contributed by atoms with Crippen LogP contribution in [0.25, 0.3) is 0 Å². The zero-order chi connectivity index (χ0) is 17.5. The van der Waals surface area contributed by atoms with Gasteiger partial charge in [-0.1, -0.05) is 6.07 Å². The highest BCUT2D eigenvalue weighted by Gasteiger charge is 2.27. The number of aromatic nitrogens is 3. The van der Waals surface area contributed by atoms with E-state index < -0.39 is 0 Å². The van der Waals surface area contributed by atoms with Gasteiger partial charge in [-0.15, -0.1) is 0 Å². The van der Waals surface area contributed by atoms with E-state index in [1.54, 1.807) is 18.6 Å². The van der Waals surface area contributed by atoms with Crippen LogP contribution in [0, 0.1) is 6.92 Å². The number of aryl methyl sites for hydroxylation is 3. The summed E-state index contributed by atoms with van der Waals surface area (Å²) in [6.07, 6.45) is 9.87. The molecule has 0 spiro atoms. The Labute approximate surface area is 148 Å². The largest absolute Gasteiger partial charge is 0.377 e. The first kappa shape index (κ1) is 17.5. The first-order valence-corrected chi connectivity index (χ1v) is 8.76. The van der Waals surface area contributed by atoms with Crippen molar-refractivity contribution in [1.82, 2.24) is 19.9 Å². The third-order valence-corrected chi connectivity index (χ3v) is 4.60. The number of ether oxygens (including phenoxy) is 1. The molecule has 0 N–H and O–H groups in total. The SMILES string of the molecule is Cc1nccnc1CC[C@H]1COCCN1C(=O)CCc1cccnc1. The third-order valence-electron chi connectivity index (χ3n) is 4.60. The standard InChI is InChI=1S/C19H24N4O2/c1-15-18(22-10-9-21-15)6-5-17-14-25-12-11-23(17)19(24)7-4-16-3-2-8-20-13-16/h2-3,8-10,13,17H,4-7,11-12,14H2,1H3/t17-/m0/s1. The zero-order valence-electron chi connectivity index (χ0n) is 14.6. The lowest BCUT2D eigenvalue weighted by atomic mass is 10.0. The molecule has 2 aromatic rings. The fourth-order valence-electron chi connectivity index (χ4n) is 3.15. The molecule has 0 aromatic carbocycles. The van der Waals surface area contributed by atoms with Gasteiger partial charge in [-0.05, 0) is 37.8 Å². The van der Waals surface area contributed by atoms with Gasteiger partial charge in [-0.2, -0.15) is 0 Å². The molecule has 0 unspecified atom stereocenters. The first-order chi connectivity index (χ1) is 12.2. The summed E-state index contributed by atoms with van der Waals surface area (Å²) in [5.74, 6) is 0.188. The highest BCUT2D eigenvalue weighted by atomic mass is 16.5. The number of rotatable bonds is 6. The highest BCUT2D eigenvalue weighted by molar-refractivity contribution is 5.77. The maximum Gasteiger partial charge on any atom is 0.223 e. The van der Waals surface area contributed by atoms with Crippen LogP contribution in [0.15, 0.2) is 36.9 Å². The van der Waals surface area contributed by atoms with E-state index in [9.17, 15) is 4.79 Å². The third kappa shape index (κ3) is 4.82. The van der Waals surface area contributed by atoms with Crippen molar-refractivity contribution in [2.75, 3.05) is 19.8 Å². The van der Waals surface area contributed by atoms with Crippen molar-refractivity contribution in [3.8, 4) is 0 Å². The maximum atomic E-state index is 12.7. The molecule has 1 atom stereocenters. The molecule has 25 heavy (non-hydrogen) atoms. The summed E-state index contributed by atoms with van der Waals surface area (Å²) in [7, 11) is 0. The van der Waals surface area contributed by atoms with Crippen molar-refractivity contribution in [3.63, 3.8) is 0 Å². The summed E-state index contributed by atoms with van der Waals surface area (Å²) in [5.41, 5.74) is 3.04. The molecule has 2 aromatic heterocycles. The van der Waals surface area contributed by atoms with Crippen LogP contribution < -0.4 is 0 Å². The second-order valence-corrected chi connectivity index (χ2v) is 6.30. The second kappa shape index (κ2) is 8.67. The number of pyridine rings is 1. The lowest BCUT2D eigenvalue weighted by Gasteiger charge is -2.36. The van der Waals surface area contributed by atoms with Crippen molar-refractivity contribution < 1.29 is 9.53 Å². The number of carbonyl (C=O) groups is 1. The Morgan fingerprint density at radius 1 is 1.28 bits per heavy atom. The van der Waals surface area contributed by atoms with Gasteiger partial charge in [0, 0.05) is 37.8 Å². The molecule has 0 aliphatic carbocycles. The number of hydrogen-bond acceptors (Lipinski definition) is 5. The van der Waals surface area contributed by atoms with E-state index in [-0.39, 0.29) is 11.9 Å². The van der Waals surface area contributed by atoms with Gasteiger partial charge in [0.05, 0.1) is 30.6 Å². The average molecular weight is 340 g/mol. The molecule has 1 fully saturated rings. The average Bonchev–Trinajstić information content (AvgIpc) is 2.66. The molecule has 3 heterocycles. The Morgan fingerprint density at radius 3 is 2.96 bits per heavy atom. The van der Waals surface area contributed by atoms with Gasteiger partial charge in [0.25, 0.3) is 0 Å². The number of hydrogen-bond donors (Lipinski definition) is 0. The summed E-state index contributed by atoms with van der Waals surface area (Å²) in [5, 5.41) is 0. The maximum absolute atomic E-state index is 12.7. The van der Waals surface area contributed by atoms with Gasteiger partial charge in [0.1, 0.15) is 0 Å². The Bertz CT molecular complexity index is 693. The minimum Gasteiger partial charge on any atom is -0.377 e. The smallest absolute Gasteiger partial charge is 0.223 e. The van der Waals surface area contributed by atoms with Crippen LogP contribution in [0.3, 0.4) is 0 Å². The van der Waals surface area contributed by atoms with Crippen LogP contribution in [-0.2, 0) is 22.4 Å². The van der Waals surface area contributed by atoms with Crippen molar-refractivity contribution in [1.29, 1.82) is 0 Å². The molecular formula is C19H24N4O2. The Hall–Kier alpha value is -2.34. The quantitative estimate of drug-likeness (QED) is 0.804. The predicted octanol–water partition coefficient (Wildman–Crippen LogP) is 1.97. The van der Waals surface area contributed by atoms with E-state index in [4.69, 9.17) is 4.74 Å². The van der Waals surface area contributed by atoms with Gasteiger partial charge in [-0.3, -0.25) is 19.7 Å². The fourth-order valence-corrected chi connectivity index (χ4v) is 3.15. The van der Waals surface area contributed by atoms with Gasteiger partial charge in [0.15, 0.2) is 0 Å². The topological polar surface area (TPSA) is 68.2 Å². The first-order valence-electron chi connectivity index (χ1n) is 8.76. The van der Waals surface area contributed by atoms with Crippen LogP contribution in [0.4, 0.5) is 0 Å². The number of nitrogens with zero attached hydrogens (tertiary/aromatic N) is 4. The summed E-state index contributed by atoms with van der Waals surface area (Å²) >= 11 is 0. The van der Waals surface area contributed by atoms with Crippen LogP contribution in [0.1, 0.15) is 29.8 Å². The Balaban J connectivity index is 1.56. The van der Waals surface area contributed by atoms with Crippen LogP contribution >= 0.6 is 0 Å². The van der Waals surface area contributed by atoms with Crippen molar-refractivity contribution in [3.05, 3.63) is 53.9 Å². The number of morpholine rings is 1. The van der Waals surface area contributed by atoms with Gasteiger partial charge in [0.2, 0.25) is 5.91 Å². The highest BCUT2D eigenvalue weighted by Crippen LogP contribution is 2.16. The molecule has 6 heteroatoms. The van der Waals surface area contributed by atoms with Crippen molar-refractivity contribution in [2.45, 2.75) is 38.6 Å². The molecule has 1 aliphatic rings. The van der Waals surface area contributed by atoms with Crippen LogP contribution in [-0.4, -0.2) is 51.6 Å². The summed E-state index contributed by atoms with van der Waals surface area (Å²) in [4.78, 5) is 27.4.